The number of aromatic nitrogens is 1. The van der Waals surface area contributed by atoms with Crippen LogP contribution in [0.2, 0.25) is 0 Å². The summed E-state index contributed by atoms with van der Waals surface area (Å²) in [5.41, 5.74) is -0.00126. The minimum atomic E-state index is -0.164. The quantitative estimate of drug-likeness (QED) is 0.543. The molecular formula is C12H17NO3. The van der Waals surface area contributed by atoms with E-state index in [0.717, 1.165) is 12.8 Å². The highest BCUT2D eigenvalue weighted by Gasteiger charge is 2.01. The maximum absolute atomic E-state index is 11.3. The van der Waals surface area contributed by atoms with Crippen molar-refractivity contribution in [3.05, 3.63) is 34.7 Å². The van der Waals surface area contributed by atoms with Crippen LogP contribution in [0.1, 0.15) is 26.2 Å². The van der Waals surface area contributed by atoms with Gasteiger partial charge in [0, 0.05) is 25.2 Å². The predicted octanol–water partition coefficient (Wildman–Crippen LogP) is 1.58. The molecule has 4 nitrogen and oxygen atoms in total. The van der Waals surface area contributed by atoms with E-state index >= 15 is 0 Å². The fourth-order valence-corrected chi connectivity index (χ4v) is 1.43. The lowest BCUT2D eigenvalue weighted by atomic mass is 10.2. The van der Waals surface area contributed by atoms with E-state index < -0.39 is 0 Å². The summed E-state index contributed by atoms with van der Waals surface area (Å²) < 4.78 is 6.45. The Morgan fingerprint density at radius 3 is 2.88 bits per heavy atom. The molecule has 0 N–H and O–H groups in total. The highest BCUT2D eigenvalue weighted by atomic mass is 16.5. The largest absolute Gasteiger partial charge is 0.466 e. The molecule has 0 aliphatic carbocycles. The Labute approximate surface area is 94.9 Å². The lowest BCUT2D eigenvalue weighted by Gasteiger charge is -2.04. The zero-order valence-electron chi connectivity index (χ0n) is 9.52. The van der Waals surface area contributed by atoms with E-state index in [1.165, 1.54) is 6.07 Å². The monoisotopic (exact) mass is 223 g/mol. The van der Waals surface area contributed by atoms with Gasteiger partial charge in [-0.15, -0.1) is 0 Å². The van der Waals surface area contributed by atoms with E-state index in [4.69, 9.17) is 4.74 Å². The molecule has 0 saturated carbocycles. The molecule has 0 fully saturated rings. The summed E-state index contributed by atoms with van der Waals surface area (Å²) in [5.74, 6) is -0.164. The number of rotatable bonds is 6. The average Bonchev–Trinajstić information content (AvgIpc) is 2.27. The number of ether oxygens (including phenoxy) is 1. The standard InChI is InChI=1S/C12H17NO3/c1-2-16-12(15)8-4-6-10-13-9-5-3-7-11(13)14/h3,5,7,9H,2,4,6,8,10H2,1H3. The third-order valence-electron chi connectivity index (χ3n) is 2.23. The number of hydrogen-bond donors (Lipinski definition) is 0. The predicted molar refractivity (Wildman–Crippen MR) is 61.2 cm³/mol. The number of unbranched alkanes of at least 4 members (excludes halogenated alkanes) is 1. The van der Waals surface area contributed by atoms with Crippen molar-refractivity contribution >= 4 is 5.97 Å². The van der Waals surface area contributed by atoms with E-state index in [0.29, 0.717) is 19.6 Å². The smallest absolute Gasteiger partial charge is 0.305 e. The Balaban J connectivity index is 2.24. The van der Waals surface area contributed by atoms with Crippen LogP contribution in [-0.4, -0.2) is 17.1 Å². The summed E-state index contributed by atoms with van der Waals surface area (Å²) in [6, 6.07) is 5.08. The third kappa shape index (κ3) is 4.29. The van der Waals surface area contributed by atoms with Gasteiger partial charge < -0.3 is 9.30 Å². The van der Waals surface area contributed by atoms with Gasteiger partial charge in [-0.2, -0.15) is 0 Å². The molecule has 0 atom stereocenters. The summed E-state index contributed by atoms with van der Waals surface area (Å²) in [4.78, 5) is 22.4. The summed E-state index contributed by atoms with van der Waals surface area (Å²) in [6.07, 6.45) is 3.74. The number of nitrogens with zero attached hydrogens (tertiary/aromatic N) is 1. The number of pyridine rings is 1. The van der Waals surface area contributed by atoms with E-state index in [2.05, 4.69) is 0 Å². The Morgan fingerprint density at radius 2 is 2.19 bits per heavy atom. The van der Waals surface area contributed by atoms with Crippen LogP contribution < -0.4 is 5.56 Å². The molecule has 0 unspecified atom stereocenters. The summed E-state index contributed by atoms with van der Waals surface area (Å²) in [6.45, 7) is 2.87. The maximum Gasteiger partial charge on any atom is 0.305 e. The first-order valence-corrected chi connectivity index (χ1v) is 5.55. The Kier molecular flexibility index (Phi) is 5.32. The van der Waals surface area contributed by atoms with Gasteiger partial charge in [-0.3, -0.25) is 9.59 Å². The van der Waals surface area contributed by atoms with Gasteiger partial charge in [-0.1, -0.05) is 6.07 Å². The van der Waals surface area contributed by atoms with Gasteiger partial charge in [0.2, 0.25) is 5.56 Å². The van der Waals surface area contributed by atoms with Crippen molar-refractivity contribution in [1.29, 1.82) is 0 Å². The van der Waals surface area contributed by atoms with Crippen molar-refractivity contribution in [2.45, 2.75) is 32.7 Å². The zero-order chi connectivity index (χ0) is 11.8. The molecule has 0 bridgehead atoms. The van der Waals surface area contributed by atoms with Crippen molar-refractivity contribution in [1.82, 2.24) is 4.57 Å². The zero-order valence-corrected chi connectivity index (χ0v) is 9.52. The minimum Gasteiger partial charge on any atom is -0.466 e. The lowest BCUT2D eigenvalue weighted by Crippen LogP contribution is -2.17. The fourth-order valence-electron chi connectivity index (χ4n) is 1.43. The van der Waals surface area contributed by atoms with Crippen LogP contribution in [0.3, 0.4) is 0 Å². The molecule has 1 heterocycles. The summed E-state index contributed by atoms with van der Waals surface area (Å²) in [7, 11) is 0. The van der Waals surface area contributed by atoms with Crippen LogP contribution in [0.25, 0.3) is 0 Å². The summed E-state index contributed by atoms with van der Waals surface area (Å²) in [5, 5.41) is 0. The number of hydrogen-bond acceptors (Lipinski definition) is 3. The summed E-state index contributed by atoms with van der Waals surface area (Å²) >= 11 is 0. The molecule has 1 aromatic rings. The van der Waals surface area contributed by atoms with Crippen LogP contribution in [0.15, 0.2) is 29.2 Å². The first-order valence-electron chi connectivity index (χ1n) is 5.55. The van der Waals surface area contributed by atoms with Crippen molar-refractivity contribution in [2.75, 3.05) is 6.61 Å². The lowest BCUT2D eigenvalue weighted by molar-refractivity contribution is -0.143. The van der Waals surface area contributed by atoms with E-state index in [1.54, 1.807) is 23.8 Å². The number of carbonyl (C=O) groups is 1. The second-order valence-corrected chi connectivity index (χ2v) is 3.49. The SMILES string of the molecule is CCOC(=O)CCCCn1ccccc1=O. The molecule has 16 heavy (non-hydrogen) atoms. The molecule has 0 aliphatic heterocycles. The van der Waals surface area contributed by atoms with E-state index in [1.807, 2.05) is 6.07 Å². The van der Waals surface area contributed by atoms with Crippen molar-refractivity contribution in [3.8, 4) is 0 Å². The topological polar surface area (TPSA) is 48.3 Å². The van der Waals surface area contributed by atoms with Crippen LogP contribution in [0, 0.1) is 0 Å². The van der Waals surface area contributed by atoms with E-state index in [9.17, 15) is 9.59 Å². The van der Waals surface area contributed by atoms with Gasteiger partial charge in [0.15, 0.2) is 0 Å². The van der Waals surface area contributed by atoms with Gasteiger partial charge in [0.1, 0.15) is 0 Å². The van der Waals surface area contributed by atoms with Gasteiger partial charge in [-0.25, -0.2) is 0 Å². The van der Waals surface area contributed by atoms with Gasteiger partial charge in [0.05, 0.1) is 6.61 Å². The molecule has 0 aliphatic rings. The molecule has 1 aromatic heterocycles. The van der Waals surface area contributed by atoms with Crippen LogP contribution >= 0.6 is 0 Å². The molecule has 88 valence electrons. The molecule has 0 radical (unpaired) electrons. The van der Waals surface area contributed by atoms with Crippen LogP contribution in [0.4, 0.5) is 0 Å². The molecule has 1 rings (SSSR count). The Hall–Kier alpha value is -1.58. The molecule has 4 heteroatoms. The van der Waals surface area contributed by atoms with Gasteiger partial charge in [-0.05, 0) is 25.8 Å². The fraction of sp³-hybridized carbons (Fsp3) is 0.500. The number of carbonyl (C=O) groups excluding carboxylic acids is 1. The van der Waals surface area contributed by atoms with Crippen LogP contribution in [-0.2, 0) is 16.1 Å². The number of aryl methyl sites for hydroxylation is 1. The van der Waals surface area contributed by atoms with Crippen molar-refractivity contribution < 1.29 is 9.53 Å². The third-order valence-corrected chi connectivity index (χ3v) is 2.23. The van der Waals surface area contributed by atoms with Gasteiger partial charge >= 0.3 is 5.97 Å². The number of esters is 1. The maximum atomic E-state index is 11.3. The van der Waals surface area contributed by atoms with Gasteiger partial charge in [0.25, 0.3) is 0 Å². The average molecular weight is 223 g/mol. The second-order valence-electron chi connectivity index (χ2n) is 3.49. The molecule has 0 aromatic carbocycles. The highest BCUT2D eigenvalue weighted by Crippen LogP contribution is 1.99. The van der Waals surface area contributed by atoms with Crippen molar-refractivity contribution in [2.24, 2.45) is 0 Å². The minimum absolute atomic E-state index is 0.00126. The Bertz CT molecular complexity index is 384. The molecule has 0 spiro atoms. The first-order chi connectivity index (χ1) is 7.74. The first kappa shape index (κ1) is 12.5. The molecule has 0 saturated heterocycles. The highest BCUT2D eigenvalue weighted by molar-refractivity contribution is 5.69. The Morgan fingerprint density at radius 1 is 1.38 bits per heavy atom. The van der Waals surface area contributed by atoms with Crippen molar-refractivity contribution in [3.63, 3.8) is 0 Å². The normalized spacial score (nSPS) is 10.1. The van der Waals surface area contributed by atoms with Crippen LogP contribution in [0.5, 0.6) is 0 Å². The molecular weight excluding hydrogens is 206 g/mol. The molecule has 0 amide bonds. The van der Waals surface area contributed by atoms with E-state index in [-0.39, 0.29) is 11.5 Å². The second kappa shape index (κ2) is 6.82.